The number of thioether (sulfide) groups is 1. The van der Waals surface area contributed by atoms with Gasteiger partial charge in [-0.15, -0.1) is 0 Å². The minimum atomic E-state index is 0.113. The largest absolute Gasteiger partial charge is 0.300 e. The van der Waals surface area contributed by atoms with Gasteiger partial charge in [-0.25, -0.2) is 0 Å². The Morgan fingerprint density at radius 2 is 1.92 bits per heavy atom. The number of ketones is 1. The first-order valence-electron chi connectivity index (χ1n) is 4.73. The molecule has 0 bridgehead atoms. The van der Waals surface area contributed by atoms with Crippen LogP contribution in [0.25, 0.3) is 0 Å². The van der Waals surface area contributed by atoms with Crippen LogP contribution in [0.1, 0.15) is 46.5 Å². The van der Waals surface area contributed by atoms with Gasteiger partial charge in [-0.2, -0.15) is 0 Å². The van der Waals surface area contributed by atoms with Crippen LogP contribution in [0.3, 0.4) is 0 Å². The van der Waals surface area contributed by atoms with Crippen LogP contribution in [0, 0.1) is 0 Å². The molecule has 0 aliphatic heterocycles. The number of hydrogen-bond acceptors (Lipinski definition) is 3. The summed E-state index contributed by atoms with van der Waals surface area (Å²) in [5.41, 5.74) is 0. The van der Waals surface area contributed by atoms with E-state index in [4.69, 9.17) is 0 Å². The van der Waals surface area contributed by atoms with Crippen LogP contribution in [0.2, 0.25) is 0 Å². The van der Waals surface area contributed by atoms with E-state index < -0.39 is 0 Å². The van der Waals surface area contributed by atoms with Gasteiger partial charge in [-0.1, -0.05) is 31.5 Å². The molecular weight excluding hydrogens is 184 g/mol. The molecular formula is C10H18O2S. The molecule has 0 aromatic carbocycles. The van der Waals surface area contributed by atoms with Gasteiger partial charge < -0.3 is 0 Å². The number of carbonyl (C=O) groups is 2. The smallest absolute Gasteiger partial charge is 0.186 e. The molecule has 0 amide bonds. The van der Waals surface area contributed by atoms with Crippen molar-refractivity contribution in [3.05, 3.63) is 0 Å². The van der Waals surface area contributed by atoms with Crippen LogP contribution in [0.4, 0.5) is 0 Å². The Labute approximate surface area is 84.5 Å². The van der Waals surface area contributed by atoms with E-state index in [1.54, 1.807) is 13.8 Å². The molecule has 0 fully saturated rings. The number of Topliss-reactive ketones (excluding diaryl/α,β-unsaturated/α-hetero) is 1. The number of rotatable bonds is 6. The summed E-state index contributed by atoms with van der Waals surface area (Å²) >= 11 is 1.31. The Morgan fingerprint density at radius 1 is 1.31 bits per heavy atom. The zero-order chi connectivity index (χ0) is 10.3. The van der Waals surface area contributed by atoms with Crippen molar-refractivity contribution in [1.29, 1.82) is 0 Å². The second kappa shape index (κ2) is 7.13. The van der Waals surface area contributed by atoms with Crippen molar-refractivity contribution in [2.45, 2.75) is 51.7 Å². The Kier molecular flexibility index (Phi) is 6.96. The van der Waals surface area contributed by atoms with E-state index in [0.29, 0.717) is 6.42 Å². The second-order valence-electron chi connectivity index (χ2n) is 3.28. The van der Waals surface area contributed by atoms with Crippen molar-refractivity contribution in [2.75, 3.05) is 0 Å². The highest BCUT2D eigenvalue weighted by molar-refractivity contribution is 8.14. The molecule has 0 heterocycles. The molecule has 0 aliphatic carbocycles. The molecule has 13 heavy (non-hydrogen) atoms. The van der Waals surface area contributed by atoms with Gasteiger partial charge in [-0.3, -0.25) is 9.59 Å². The molecule has 0 saturated heterocycles. The molecule has 1 unspecified atom stereocenters. The van der Waals surface area contributed by atoms with Crippen molar-refractivity contribution >= 4 is 22.7 Å². The normalized spacial score (nSPS) is 12.5. The van der Waals surface area contributed by atoms with Gasteiger partial charge in [0.15, 0.2) is 5.12 Å². The van der Waals surface area contributed by atoms with Gasteiger partial charge in [0.05, 0.1) is 0 Å². The van der Waals surface area contributed by atoms with E-state index in [-0.39, 0.29) is 16.1 Å². The third-order valence-electron chi connectivity index (χ3n) is 1.73. The monoisotopic (exact) mass is 202 g/mol. The van der Waals surface area contributed by atoms with Gasteiger partial charge in [-0.05, 0) is 13.3 Å². The van der Waals surface area contributed by atoms with Crippen molar-refractivity contribution in [3.8, 4) is 0 Å². The van der Waals surface area contributed by atoms with Crippen molar-refractivity contribution < 1.29 is 9.59 Å². The van der Waals surface area contributed by atoms with E-state index in [2.05, 4.69) is 6.92 Å². The van der Waals surface area contributed by atoms with Crippen molar-refractivity contribution in [3.63, 3.8) is 0 Å². The zero-order valence-corrected chi connectivity index (χ0v) is 9.45. The van der Waals surface area contributed by atoms with E-state index in [1.807, 2.05) is 0 Å². The van der Waals surface area contributed by atoms with Crippen LogP contribution in [0.5, 0.6) is 0 Å². The SMILES string of the molecule is CCCCC(CC(C)=O)SC(C)=O. The molecule has 0 saturated carbocycles. The molecule has 1 atom stereocenters. The van der Waals surface area contributed by atoms with E-state index in [1.165, 1.54) is 11.8 Å². The summed E-state index contributed by atoms with van der Waals surface area (Å²) in [5.74, 6) is 0.176. The third-order valence-corrected chi connectivity index (χ3v) is 2.80. The lowest BCUT2D eigenvalue weighted by molar-refractivity contribution is -0.117. The summed E-state index contributed by atoms with van der Waals surface area (Å²) in [6, 6.07) is 0. The summed E-state index contributed by atoms with van der Waals surface area (Å²) in [6.07, 6.45) is 3.72. The predicted octanol–water partition coefficient (Wildman–Crippen LogP) is 2.80. The minimum Gasteiger partial charge on any atom is -0.300 e. The molecule has 2 nitrogen and oxygen atoms in total. The maximum Gasteiger partial charge on any atom is 0.186 e. The standard InChI is InChI=1S/C10H18O2S/c1-4-5-6-10(7-8(2)11)13-9(3)12/h10H,4-7H2,1-3H3. The van der Waals surface area contributed by atoms with E-state index >= 15 is 0 Å². The Bertz CT molecular complexity index is 162. The van der Waals surface area contributed by atoms with Crippen LogP contribution < -0.4 is 0 Å². The number of unbranched alkanes of at least 4 members (excludes halogenated alkanes) is 1. The molecule has 0 rings (SSSR count). The summed E-state index contributed by atoms with van der Waals surface area (Å²) in [7, 11) is 0. The lowest BCUT2D eigenvalue weighted by atomic mass is 10.1. The molecule has 0 N–H and O–H groups in total. The molecule has 0 aliphatic rings. The quantitative estimate of drug-likeness (QED) is 0.664. The fraction of sp³-hybridized carbons (Fsp3) is 0.800. The van der Waals surface area contributed by atoms with Crippen molar-refractivity contribution in [2.24, 2.45) is 0 Å². The first-order chi connectivity index (χ1) is 6.06. The minimum absolute atomic E-state index is 0.113. The lowest BCUT2D eigenvalue weighted by Crippen LogP contribution is -2.10. The van der Waals surface area contributed by atoms with Crippen LogP contribution >= 0.6 is 11.8 Å². The molecule has 0 aromatic rings. The van der Waals surface area contributed by atoms with Gasteiger partial charge in [0.25, 0.3) is 0 Å². The van der Waals surface area contributed by atoms with Gasteiger partial charge >= 0.3 is 0 Å². The topological polar surface area (TPSA) is 34.1 Å². The highest BCUT2D eigenvalue weighted by atomic mass is 32.2. The third kappa shape index (κ3) is 8.03. The molecule has 76 valence electrons. The van der Waals surface area contributed by atoms with Crippen LogP contribution in [-0.4, -0.2) is 16.1 Å². The Balaban J connectivity index is 3.87. The summed E-state index contributed by atoms with van der Waals surface area (Å²) in [6.45, 7) is 5.26. The number of hydrogen-bond donors (Lipinski definition) is 0. The molecule has 0 radical (unpaired) electrons. The van der Waals surface area contributed by atoms with Crippen molar-refractivity contribution in [1.82, 2.24) is 0 Å². The lowest BCUT2D eigenvalue weighted by Gasteiger charge is -2.11. The van der Waals surface area contributed by atoms with Crippen LogP contribution in [-0.2, 0) is 9.59 Å². The summed E-state index contributed by atoms with van der Waals surface area (Å²) in [4.78, 5) is 21.7. The van der Waals surface area contributed by atoms with E-state index in [9.17, 15) is 9.59 Å². The average molecular weight is 202 g/mol. The summed E-state index contributed by atoms with van der Waals surface area (Å²) in [5, 5.41) is 0.317. The Hall–Kier alpha value is -0.310. The number of carbonyl (C=O) groups excluding carboxylic acids is 2. The van der Waals surface area contributed by atoms with Gasteiger partial charge in [0.2, 0.25) is 0 Å². The average Bonchev–Trinajstić information content (AvgIpc) is 1.98. The fourth-order valence-electron chi connectivity index (χ4n) is 1.19. The van der Waals surface area contributed by atoms with E-state index in [0.717, 1.165) is 19.3 Å². The fourth-order valence-corrected chi connectivity index (χ4v) is 2.26. The maximum atomic E-state index is 10.9. The summed E-state index contributed by atoms with van der Waals surface area (Å²) < 4.78 is 0. The highest BCUT2D eigenvalue weighted by Gasteiger charge is 2.13. The maximum absolute atomic E-state index is 10.9. The zero-order valence-electron chi connectivity index (χ0n) is 8.63. The van der Waals surface area contributed by atoms with Gasteiger partial charge in [0.1, 0.15) is 5.78 Å². The molecule has 0 spiro atoms. The van der Waals surface area contributed by atoms with Gasteiger partial charge in [0, 0.05) is 18.6 Å². The molecule has 0 aromatic heterocycles. The first kappa shape index (κ1) is 12.7. The predicted molar refractivity (Wildman–Crippen MR) is 56.9 cm³/mol. The highest BCUT2D eigenvalue weighted by Crippen LogP contribution is 2.21. The molecule has 3 heteroatoms. The second-order valence-corrected chi connectivity index (χ2v) is 4.76. The first-order valence-corrected chi connectivity index (χ1v) is 5.60. The Morgan fingerprint density at radius 3 is 2.31 bits per heavy atom. The van der Waals surface area contributed by atoms with Crippen LogP contribution in [0.15, 0.2) is 0 Å².